The summed E-state index contributed by atoms with van der Waals surface area (Å²) in [6.07, 6.45) is 4.22. The molecule has 0 spiro atoms. The SMILES string of the molecule is O=C(O)C1CC=CCC1C(=O)Nc1ccc(Cl)c(F)c1. The van der Waals surface area contributed by atoms with Gasteiger partial charge in [0.25, 0.3) is 0 Å². The lowest BCUT2D eigenvalue weighted by Crippen LogP contribution is -2.34. The van der Waals surface area contributed by atoms with Gasteiger partial charge in [-0.05, 0) is 31.0 Å². The molecule has 0 saturated heterocycles. The van der Waals surface area contributed by atoms with Crippen molar-refractivity contribution in [3.8, 4) is 0 Å². The Balaban J connectivity index is 2.12. The second kappa shape index (κ2) is 6.05. The summed E-state index contributed by atoms with van der Waals surface area (Å²) < 4.78 is 13.3. The molecule has 2 unspecified atom stereocenters. The number of anilines is 1. The Morgan fingerprint density at radius 2 is 1.90 bits per heavy atom. The number of carbonyl (C=O) groups is 2. The van der Waals surface area contributed by atoms with Gasteiger partial charge >= 0.3 is 5.97 Å². The van der Waals surface area contributed by atoms with Gasteiger partial charge in [-0.1, -0.05) is 23.8 Å². The second-order valence-corrected chi connectivity index (χ2v) is 5.02. The fourth-order valence-corrected chi connectivity index (χ4v) is 2.30. The van der Waals surface area contributed by atoms with Crippen molar-refractivity contribution >= 4 is 29.2 Å². The molecule has 106 valence electrons. The number of hydrogen-bond acceptors (Lipinski definition) is 2. The van der Waals surface area contributed by atoms with Crippen LogP contribution in [-0.4, -0.2) is 17.0 Å². The topological polar surface area (TPSA) is 66.4 Å². The first kappa shape index (κ1) is 14.5. The third-order valence-electron chi connectivity index (χ3n) is 3.27. The van der Waals surface area contributed by atoms with Crippen LogP contribution in [0, 0.1) is 17.7 Å². The molecule has 1 aliphatic carbocycles. The van der Waals surface area contributed by atoms with Gasteiger partial charge in [0.15, 0.2) is 0 Å². The molecule has 2 atom stereocenters. The van der Waals surface area contributed by atoms with Crippen LogP contribution in [-0.2, 0) is 9.59 Å². The van der Waals surface area contributed by atoms with E-state index in [0.29, 0.717) is 12.8 Å². The molecule has 0 radical (unpaired) electrons. The Bertz CT molecular complexity index is 574. The Labute approximate surface area is 120 Å². The van der Waals surface area contributed by atoms with Crippen molar-refractivity contribution in [2.45, 2.75) is 12.8 Å². The van der Waals surface area contributed by atoms with Gasteiger partial charge in [-0.15, -0.1) is 0 Å². The molecule has 2 N–H and O–H groups in total. The minimum Gasteiger partial charge on any atom is -0.481 e. The number of carboxylic acid groups (broad SMARTS) is 1. The monoisotopic (exact) mass is 297 g/mol. The Morgan fingerprint density at radius 3 is 2.50 bits per heavy atom. The summed E-state index contributed by atoms with van der Waals surface area (Å²) in [6, 6.07) is 3.91. The van der Waals surface area contributed by atoms with Crippen molar-refractivity contribution in [1.29, 1.82) is 0 Å². The number of allylic oxidation sites excluding steroid dienone is 2. The first-order chi connectivity index (χ1) is 9.49. The Hall–Kier alpha value is -1.88. The highest BCUT2D eigenvalue weighted by molar-refractivity contribution is 6.30. The molecule has 0 heterocycles. The van der Waals surface area contributed by atoms with E-state index < -0.39 is 29.5 Å². The van der Waals surface area contributed by atoms with Crippen molar-refractivity contribution in [3.63, 3.8) is 0 Å². The normalized spacial score (nSPS) is 21.5. The van der Waals surface area contributed by atoms with Crippen LogP contribution in [0.15, 0.2) is 30.4 Å². The van der Waals surface area contributed by atoms with Crippen LogP contribution in [0.5, 0.6) is 0 Å². The Morgan fingerprint density at radius 1 is 1.25 bits per heavy atom. The number of nitrogens with one attached hydrogen (secondary N) is 1. The van der Waals surface area contributed by atoms with E-state index in [2.05, 4.69) is 5.32 Å². The zero-order chi connectivity index (χ0) is 14.7. The molecule has 1 aliphatic rings. The molecule has 0 saturated carbocycles. The van der Waals surface area contributed by atoms with E-state index in [4.69, 9.17) is 16.7 Å². The minimum atomic E-state index is -1.00. The van der Waals surface area contributed by atoms with Gasteiger partial charge in [-0.3, -0.25) is 9.59 Å². The van der Waals surface area contributed by atoms with Crippen molar-refractivity contribution in [1.82, 2.24) is 0 Å². The van der Waals surface area contributed by atoms with Gasteiger partial charge in [0.1, 0.15) is 5.82 Å². The molecule has 0 aliphatic heterocycles. The third kappa shape index (κ3) is 3.17. The molecule has 0 aromatic heterocycles. The van der Waals surface area contributed by atoms with Crippen LogP contribution in [0.1, 0.15) is 12.8 Å². The zero-order valence-corrected chi connectivity index (χ0v) is 11.2. The van der Waals surface area contributed by atoms with Crippen LogP contribution >= 0.6 is 11.6 Å². The summed E-state index contributed by atoms with van der Waals surface area (Å²) in [5.41, 5.74) is 0.260. The fourth-order valence-electron chi connectivity index (χ4n) is 2.19. The van der Waals surface area contributed by atoms with E-state index in [9.17, 15) is 14.0 Å². The number of hydrogen-bond donors (Lipinski definition) is 2. The third-order valence-corrected chi connectivity index (χ3v) is 3.58. The quantitative estimate of drug-likeness (QED) is 0.843. The molecular formula is C14H13ClFNO3. The summed E-state index contributed by atoms with van der Waals surface area (Å²) in [6.45, 7) is 0. The molecule has 20 heavy (non-hydrogen) atoms. The molecule has 4 nitrogen and oxygen atoms in total. The maximum Gasteiger partial charge on any atom is 0.307 e. The highest BCUT2D eigenvalue weighted by Gasteiger charge is 2.33. The van der Waals surface area contributed by atoms with Crippen LogP contribution in [0.4, 0.5) is 10.1 Å². The van der Waals surface area contributed by atoms with Gasteiger partial charge in [-0.25, -0.2) is 4.39 Å². The lowest BCUT2D eigenvalue weighted by molar-refractivity contribution is -0.146. The molecule has 1 aromatic rings. The predicted octanol–water partition coefficient (Wildman–Crippen LogP) is 3.08. The van der Waals surface area contributed by atoms with E-state index >= 15 is 0 Å². The smallest absolute Gasteiger partial charge is 0.307 e. The maximum atomic E-state index is 13.3. The van der Waals surface area contributed by atoms with Crippen LogP contribution in [0.3, 0.4) is 0 Å². The zero-order valence-electron chi connectivity index (χ0n) is 10.5. The maximum absolute atomic E-state index is 13.3. The first-order valence-corrected chi connectivity index (χ1v) is 6.50. The van der Waals surface area contributed by atoms with Gasteiger partial charge in [0.2, 0.25) is 5.91 Å². The molecule has 6 heteroatoms. The number of benzene rings is 1. The van der Waals surface area contributed by atoms with Crippen LogP contribution in [0.25, 0.3) is 0 Å². The van der Waals surface area contributed by atoms with E-state index in [1.54, 1.807) is 12.2 Å². The molecular weight excluding hydrogens is 285 g/mol. The summed E-state index contributed by atoms with van der Waals surface area (Å²) >= 11 is 5.56. The fraction of sp³-hybridized carbons (Fsp3) is 0.286. The summed E-state index contributed by atoms with van der Waals surface area (Å²) in [5.74, 6) is -3.48. The van der Waals surface area contributed by atoms with Gasteiger partial charge < -0.3 is 10.4 Å². The van der Waals surface area contributed by atoms with Crippen molar-refractivity contribution in [2.75, 3.05) is 5.32 Å². The average molecular weight is 298 g/mol. The first-order valence-electron chi connectivity index (χ1n) is 6.12. The predicted molar refractivity (Wildman–Crippen MR) is 73.0 cm³/mol. The highest BCUT2D eigenvalue weighted by atomic mass is 35.5. The van der Waals surface area contributed by atoms with E-state index in [0.717, 1.165) is 6.07 Å². The van der Waals surface area contributed by atoms with Crippen molar-refractivity contribution < 1.29 is 19.1 Å². The lowest BCUT2D eigenvalue weighted by Gasteiger charge is -2.24. The van der Waals surface area contributed by atoms with Gasteiger partial charge in [0.05, 0.1) is 16.9 Å². The molecule has 2 rings (SSSR count). The number of rotatable bonds is 3. The van der Waals surface area contributed by atoms with E-state index in [1.165, 1.54) is 12.1 Å². The molecule has 1 aromatic carbocycles. The number of carboxylic acids is 1. The number of amides is 1. The number of aliphatic carboxylic acids is 1. The van der Waals surface area contributed by atoms with E-state index in [-0.39, 0.29) is 10.7 Å². The molecule has 1 amide bonds. The highest BCUT2D eigenvalue weighted by Crippen LogP contribution is 2.27. The summed E-state index contributed by atoms with van der Waals surface area (Å²) in [4.78, 5) is 23.2. The van der Waals surface area contributed by atoms with Crippen LogP contribution in [0.2, 0.25) is 5.02 Å². The average Bonchev–Trinajstić information content (AvgIpc) is 2.43. The molecule has 0 bridgehead atoms. The second-order valence-electron chi connectivity index (χ2n) is 4.61. The van der Waals surface area contributed by atoms with Crippen LogP contribution < -0.4 is 5.32 Å². The summed E-state index contributed by atoms with van der Waals surface area (Å²) in [5, 5.41) is 11.6. The van der Waals surface area contributed by atoms with Gasteiger partial charge in [0, 0.05) is 5.69 Å². The van der Waals surface area contributed by atoms with Crippen molar-refractivity contribution in [2.24, 2.45) is 11.8 Å². The minimum absolute atomic E-state index is 0.0352. The molecule has 0 fully saturated rings. The standard InChI is InChI=1S/C14H13ClFNO3/c15-11-6-5-8(7-12(11)16)17-13(18)9-3-1-2-4-10(9)14(19)20/h1-2,5-7,9-10H,3-4H2,(H,17,18)(H,19,20). The largest absolute Gasteiger partial charge is 0.481 e. The van der Waals surface area contributed by atoms with Gasteiger partial charge in [-0.2, -0.15) is 0 Å². The summed E-state index contributed by atoms with van der Waals surface area (Å²) in [7, 11) is 0. The Kier molecular flexibility index (Phi) is 4.39. The lowest BCUT2D eigenvalue weighted by atomic mass is 9.82. The van der Waals surface area contributed by atoms with Crippen molar-refractivity contribution in [3.05, 3.63) is 41.2 Å². The number of halogens is 2. The number of carbonyl (C=O) groups excluding carboxylic acids is 1. The van der Waals surface area contributed by atoms with E-state index in [1.807, 2.05) is 0 Å².